The van der Waals surface area contributed by atoms with Gasteiger partial charge in [-0.1, -0.05) is 11.6 Å². The van der Waals surface area contributed by atoms with E-state index in [1.807, 2.05) is 23.9 Å². The first-order chi connectivity index (χ1) is 5.70. The third kappa shape index (κ3) is 0.865. The summed E-state index contributed by atoms with van der Waals surface area (Å²) in [5.74, 6) is 0.523. The van der Waals surface area contributed by atoms with E-state index in [0.29, 0.717) is 10.8 Å². The molecular weight excluding hydrogens is 174 g/mol. The molecule has 2 aromatic heterocycles. The second-order valence-corrected chi connectivity index (χ2v) is 3.09. The van der Waals surface area contributed by atoms with Crippen LogP contribution in [0.1, 0.15) is 0 Å². The van der Waals surface area contributed by atoms with Gasteiger partial charge in [-0.25, -0.2) is 4.98 Å². The highest BCUT2D eigenvalue weighted by Crippen LogP contribution is 2.26. The fourth-order valence-corrected chi connectivity index (χ4v) is 1.57. The van der Waals surface area contributed by atoms with Gasteiger partial charge in [-0.05, 0) is 6.07 Å². The van der Waals surface area contributed by atoms with Crippen LogP contribution in [-0.4, -0.2) is 9.55 Å². The van der Waals surface area contributed by atoms with Gasteiger partial charge in [-0.3, -0.25) is 0 Å². The third-order valence-corrected chi connectivity index (χ3v) is 2.17. The fourth-order valence-electron chi connectivity index (χ4n) is 1.29. The molecule has 0 aliphatic rings. The van der Waals surface area contributed by atoms with Crippen molar-refractivity contribution in [1.82, 2.24) is 9.55 Å². The zero-order valence-electron chi connectivity index (χ0n) is 6.58. The number of nitrogens with zero attached hydrogens (tertiary/aromatic N) is 2. The van der Waals surface area contributed by atoms with E-state index in [4.69, 9.17) is 17.3 Å². The largest absolute Gasteiger partial charge is 0.383 e. The summed E-state index contributed by atoms with van der Waals surface area (Å²) in [6.07, 6.45) is 3.48. The molecule has 0 aliphatic carbocycles. The Kier molecular flexibility index (Phi) is 1.48. The average molecular weight is 182 g/mol. The molecule has 0 amide bonds. The van der Waals surface area contributed by atoms with Gasteiger partial charge in [0, 0.05) is 18.6 Å². The number of aromatic nitrogens is 2. The van der Waals surface area contributed by atoms with E-state index >= 15 is 0 Å². The lowest BCUT2D eigenvalue weighted by Crippen LogP contribution is -1.92. The van der Waals surface area contributed by atoms with Crippen molar-refractivity contribution in [2.24, 2.45) is 7.05 Å². The summed E-state index contributed by atoms with van der Waals surface area (Å²) in [6.45, 7) is 0. The van der Waals surface area contributed by atoms with Gasteiger partial charge < -0.3 is 10.3 Å². The molecular formula is C8H8ClN3. The number of aryl methyl sites for hydroxylation is 1. The quantitative estimate of drug-likeness (QED) is 0.674. The zero-order chi connectivity index (χ0) is 8.72. The van der Waals surface area contributed by atoms with Crippen molar-refractivity contribution in [3.8, 4) is 0 Å². The summed E-state index contributed by atoms with van der Waals surface area (Å²) in [7, 11) is 1.92. The molecule has 0 radical (unpaired) electrons. The molecule has 2 heterocycles. The minimum atomic E-state index is 0.523. The number of fused-ring (bicyclic) bond motifs is 1. The maximum absolute atomic E-state index is 5.94. The summed E-state index contributed by atoms with van der Waals surface area (Å²) in [6, 6.07) is 1.91. The van der Waals surface area contributed by atoms with Gasteiger partial charge in [0.05, 0.1) is 16.7 Å². The maximum atomic E-state index is 5.94. The highest BCUT2D eigenvalue weighted by Gasteiger charge is 2.05. The SMILES string of the molecule is Cn1ccc2c(N)ncc(Cl)c21. The molecule has 0 saturated carbocycles. The van der Waals surface area contributed by atoms with Gasteiger partial charge in [0.15, 0.2) is 0 Å². The highest BCUT2D eigenvalue weighted by atomic mass is 35.5. The fraction of sp³-hybridized carbons (Fsp3) is 0.125. The van der Waals surface area contributed by atoms with Gasteiger partial charge in [0.25, 0.3) is 0 Å². The van der Waals surface area contributed by atoms with Crippen molar-refractivity contribution in [3.63, 3.8) is 0 Å². The summed E-state index contributed by atoms with van der Waals surface area (Å²) in [5.41, 5.74) is 6.59. The van der Waals surface area contributed by atoms with E-state index in [0.717, 1.165) is 10.9 Å². The van der Waals surface area contributed by atoms with Crippen LogP contribution in [0.4, 0.5) is 5.82 Å². The molecule has 12 heavy (non-hydrogen) atoms. The maximum Gasteiger partial charge on any atom is 0.132 e. The summed E-state index contributed by atoms with van der Waals surface area (Å²) < 4.78 is 1.93. The van der Waals surface area contributed by atoms with E-state index in [9.17, 15) is 0 Å². The van der Waals surface area contributed by atoms with E-state index in [1.165, 1.54) is 0 Å². The lowest BCUT2D eigenvalue weighted by molar-refractivity contribution is 0.968. The second-order valence-electron chi connectivity index (χ2n) is 2.68. The van der Waals surface area contributed by atoms with Crippen molar-refractivity contribution in [3.05, 3.63) is 23.5 Å². The van der Waals surface area contributed by atoms with Gasteiger partial charge in [0.2, 0.25) is 0 Å². The van der Waals surface area contributed by atoms with Gasteiger partial charge in [-0.15, -0.1) is 0 Å². The van der Waals surface area contributed by atoms with E-state index < -0.39 is 0 Å². The van der Waals surface area contributed by atoms with Crippen molar-refractivity contribution in [1.29, 1.82) is 0 Å². The number of pyridine rings is 1. The van der Waals surface area contributed by atoms with Crippen LogP contribution in [0.25, 0.3) is 10.9 Å². The predicted molar refractivity (Wildman–Crippen MR) is 50.1 cm³/mol. The van der Waals surface area contributed by atoms with Crippen LogP contribution in [0.5, 0.6) is 0 Å². The average Bonchev–Trinajstić information content (AvgIpc) is 2.42. The van der Waals surface area contributed by atoms with Gasteiger partial charge in [0.1, 0.15) is 5.82 Å². The van der Waals surface area contributed by atoms with Crippen LogP contribution in [0.3, 0.4) is 0 Å². The summed E-state index contributed by atoms with van der Waals surface area (Å²) in [5, 5.41) is 1.54. The Morgan fingerprint density at radius 2 is 2.33 bits per heavy atom. The molecule has 0 aliphatic heterocycles. The molecule has 0 saturated heterocycles. The standard InChI is InChI=1S/C8H8ClN3/c1-12-3-2-5-7(12)6(9)4-11-8(5)10/h2-4H,1H3,(H2,10,11). The van der Waals surface area contributed by atoms with E-state index in [1.54, 1.807) is 6.20 Å². The Hall–Kier alpha value is -1.22. The zero-order valence-corrected chi connectivity index (χ0v) is 7.34. The van der Waals surface area contributed by atoms with Crippen LogP contribution < -0.4 is 5.73 Å². The molecule has 0 bridgehead atoms. The molecule has 0 unspecified atom stereocenters. The van der Waals surface area contributed by atoms with E-state index in [-0.39, 0.29) is 0 Å². The summed E-state index contributed by atoms with van der Waals surface area (Å²) in [4.78, 5) is 3.95. The van der Waals surface area contributed by atoms with Gasteiger partial charge in [-0.2, -0.15) is 0 Å². The number of nitrogen functional groups attached to an aromatic ring is 1. The molecule has 0 atom stereocenters. The second kappa shape index (κ2) is 2.38. The Balaban J connectivity index is 2.98. The van der Waals surface area contributed by atoms with Crippen LogP contribution in [-0.2, 0) is 7.05 Å². The number of anilines is 1. The van der Waals surface area contributed by atoms with Crippen molar-refractivity contribution < 1.29 is 0 Å². The van der Waals surface area contributed by atoms with Crippen LogP contribution in [0.15, 0.2) is 18.5 Å². The van der Waals surface area contributed by atoms with Crippen molar-refractivity contribution >= 4 is 28.3 Å². The lowest BCUT2D eigenvalue weighted by atomic mass is 10.3. The topological polar surface area (TPSA) is 43.8 Å². The molecule has 0 spiro atoms. The Bertz CT molecular complexity index is 433. The normalized spacial score (nSPS) is 10.8. The molecule has 2 N–H and O–H groups in total. The molecule has 4 heteroatoms. The first-order valence-electron chi connectivity index (χ1n) is 3.55. The Labute approximate surface area is 74.8 Å². The van der Waals surface area contributed by atoms with Crippen LogP contribution >= 0.6 is 11.6 Å². The Morgan fingerprint density at radius 3 is 3.00 bits per heavy atom. The molecule has 3 nitrogen and oxygen atoms in total. The monoisotopic (exact) mass is 181 g/mol. The number of halogens is 1. The van der Waals surface area contributed by atoms with Crippen LogP contribution in [0.2, 0.25) is 5.02 Å². The number of hydrogen-bond donors (Lipinski definition) is 1. The van der Waals surface area contributed by atoms with Crippen molar-refractivity contribution in [2.45, 2.75) is 0 Å². The highest BCUT2D eigenvalue weighted by molar-refractivity contribution is 6.35. The molecule has 0 aromatic carbocycles. The molecule has 2 aromatic rings. The molecule has 2 rings (SSSR count). The number of rotatable bonds is 0. The minimum Gasteiger partial charge on any atom is -0.383 e. The van der Waals surface area contributed by atoms with E-state index in [2.05, 4.69) is 4.98 Å². The van der Waals surface area contributed by atoms with Crippen molar-refractivity contribution in [2.75, 3.05) is 5.73 Å². The molecule has 0 fully saturated rings. The Morgan fingerprint density at radius 1 is 1.58 bits per heavy atom. The molecule has 62 valence electrons. The number of hydrogen-bond acceptors (Lipinski definition) is 2. The number of nitrogens with two attached hydrogens (primary N) is 1. The summed E-state index contributed by atoms with van der Waals surface area (Å²) >= 11 is 5.94. The minimum absolute atomic E-state index is 0.523. The lowest BCUT2D eigenvalue weighted by Gasteiger charge is -2.00. The first kappa shape index (κ1) is 7.43. The smallest absolute Gasteiger partial charge is 0.132 e. The first-order valence-corrected chi connectivity index (χ1v) is 3.93. The van der Waals surface area contributed by atoms with Crippen LogP contribution in [0, 0.1) is 0 Å². The third-order valence-electron chi connectivity index (χ3n) is 1.89. The predicted octanol–water partition coefficient (Wildman–Crippen LogP) is 1.81. The van der Waals surface area contributed by atoms with Gasteiger partial charge >= 0.3 is 0 Å².